The SMILES string of the molecule is CC(CCO)CNC(=O)NCc1cc2ccccc2[nH]1. The van der Waals surface area contributed by atoms with E-state index >= 15 is 0 Å². The third kappa shape index (κ3) is 3.99. The lowest BCUT2D eigenvalue weighted by molar-refractivity contribution is 0.233. The average molecular weight is 275 g/mol. The summed E-state index contributed by atoms with van der Waals surface area (Å²) in [5, 5.41) is 15.5. The van der Waals surface area contributed by atoms with Crippen LogP contribution in [0.25, 0.3) is 10.9 Å². The molecule has 0 spiro atoms. The van der Waals surface area contributed by atoms with Gasteiger partial charge in [-0.25, -0.2) is 4.79 Å². The second-order valence-electron chi connectivity index (χ2n) is 5.06. The van der Waals surface area contributed by atoms with Crippen molar-refractivity contribution in [2.24, 2.45) is 5.92 Å². The number of carbonyl (C=O) groups is 1. The molecule has 0 fully saturated rings. The van der Waals surface area contributed by atoms with Crippen LogP contribution in [0.15, 0.2) is 30.3 Å². The van der Waals surface area contributed by atoms with Crippen LogP contribution in [0, 0.1) is 5.92 Å². The number of hydrogen-bond acceptors (Lipinski definition) is 2. The molecule has 0 bridgehead atoms. The van der Waals surface area contributed by atoms with E-state index < -0.39 is 0 Å². The Hall–Kier alpha value is -2.01. The summed E-state index contributed by atoms with van der Waals surface area (Å²) in [7, 11) is 0. The van der Waals surface area contributed by atoms with Crippen LogP contribution < -0.4 is 10.6 Å². The Bertz CT molecular complexity index is 532. The molecule has 0 radical (unpaired) electrons. The molecule has 1 aromatic carbocycles. The summed E-state index contributed by atoms with van der Waals surface area (Å²) in [6.07, 6.45) is 0.697. The molecule has 2 rings (SSSR count). The topological polar surface area (TPSA) is 77.2 Å². The number of rotatable bonds is 6. The molecule has 0 aliphatic heterocycles. The third-order valence-corrected chi connectivity index (χ3v) is 3.26. The number of urea groups is 1. The Morgan fingerprint density at radius 1 is 1.35 bits per heavy atom. The molecule has 1 heterocycles. The van der Waals surface area contributed by atoms with Crippen molar-refractivity contribution in [1.29, 1.82) is 0 Å². The van der Waals surface area contributed by atoms with E-state index in [9.17, 15) is 4.79 Å². The van der Waals surface area contributed by atoms with Crippen molar-refractivity contribution in [2.75, 3.05) is 13.2 Å². The predicted octanol–water partition coefficient (Wildman–Crippen LogP) is 1.99. The van der Waals surface area contributed by atoms with Crippen LogP contribution in [0.4, 0.5) is 4.79 Å². The van der Waals surface area contributed by atoms with Crippen LogP contribution >= 0.6 is 0 Å². The van der Waals surface area contributed by atoms with Gasteiger partial charge >= 0.3 is 6.03 Å². The van der Waals surface area contributed by atoms with Gasteiger partial charge in [-0.1, -0.05) is 25.1 Å². The average Bonchev–Trinajstić information content (AvgIpc) is 2.86. The van der Waals surface area contributed by atoms with E-state index in [0.717, 1.165) is 16.6 Å². The van der Waals surface area contributed by atoms with Gasteiger partial charge in [0, 0.05) is 24.4 Å². The zero-order valence-corrected chi connectivity index (χ0v) is 11.6. The summed E-state index contributed by atoms with van der Waals surface area (Å²) in [4.78, 5) is 14.9. The van der Waals surface area contributed by atoms with Crippen molar-refractivity contribution in [3.8, 4) is 0 Å². The molecule has 1 atom stereocenters. The summed E-state index contributed by atoms with van der Waals surface area (Å²) in [6, 6.07) is 9.85. The number of nitrogens with one attached hydrogen (secondary N) is 3. The van der Waals surface area contributed by atoms with Gasteiger partial charge in [-0.15, -0.1) is 0 Å². The van der Waals surface area contributed by atoms with E-state index in [0.29, 0.717) is 19.5 Å². The molecule has 108 valence electrons. The van der Waals surface area contributed by atoms with Crippen LogP contribution in [-0.4, -0.2) is 29.3 Å². The Balaban J connectivity index is 1.78. The van der Waals surface area contributed by atoms with Gasteiger partial charge in [-0.05, 0) is 29.9 Å². The maximum absolute atomic E-state index is 11.6. The van der Waals surface area contributed by atoms with Crippen molar-refractivity contribution < 1.29 is 9.90 Å². The Morgan fingerprint density at radius 2 is 2.15 bits per heavy atom. The minimum Gasteiger partial charge on any atom is -0.396 e. The first-order valence-electron chi connectivity index (χ1n) is 6.88. The maximum atomic E-state index is 11.6. The molecule has 0 aliphatic carbocycles. The van der Waals surface area contributed by atoms with Crippen molar-refractivity contribution in [3.63, 3.8) is 0 Å². The molecule has 20 heavy (non-hydrogen) atoms. The smallest absolute Gasteiger partial charge is 0.315 e. The number of carbonyl (C=O) groups excluding carboxylic acids is 1. The Labute approximate surface area is 118 Å². The van der Waals surface area contributed by atoms with E-state index in [1.165, 1.54) is 0 Å². The summed E-state index contributed by atoms with van der Waals surface area (Å²) < 4.78 is 0. The molecule has 1 unspecified atom stereocenters. The summed E-state index contributed by atoms with van der Waals surface area (Å²) in [5.41, 5.74) is 2.05. The van der Waals surface area contributed by atoms with Crippen LogP contribution in [0.2, 0.25) is 0 Å². The largest absolute Gasteiger partial charge is 0.396 e. The van der Waals surface area contributed by atoms with E-state index in [4.69, 9.17) is 5.11 Å². The number of aromatic nitrogens is 1. The zero-order chi connectivity index (χ0) is 14.4. The molecule has 0 aliphatic rings. The third-order valence-electron chi connectivity index (χ3n) is 3.26. The highest BCUT2D eigenvalue weighted by atomic mass is 16.3. The van der Waals surface area contributed by atoms with Gasteiger partial charge in [-0.2, -0.15) is 0 Å². The summed E-state index contributed by atoms with van der Waals surface area (Å²) >= 11 is 0. The van der Waals surface area contributed by atoms with Gasteiger partial charge in [0.1, 0.15) is 0 Å². The van der Waals surface area contributed by atoms with Gasteiger partial charge in [0.25, 0.3) is 0 Å². The molecule has 5 nitrogen and oxygen atoms in total. The number of H-pyrrole nitrogens is 1. The lowest BCUT2D eigenvalue weighted by atomic mass is 10.1. The van der Waals surface area contributed by atoms with E-state index in [1.54, 1.807) is 0 Å². The molecule has 2 aromatic rings. The molecule has 5 heteroatoms. The molecule has 2 amide bonds. The minimum atomic E-state index is -0.187. The number of aromatic amines is 1. The van der Waals surface area contributed by atoms with Crippen LogP contribution in [0.5, 0.6) is 0 Å². The first-order chi connectivity index (χ1) is 9.69. The second-order valence-corrected chi connectivity index (χ2v) is 5.06. The van der Waals surface area contributed by atoms with Crippen molar-refractivity contribution >= 4 is 16.9 Å². The molecule has 4 N–H and O–H groups in total. The number of para-hydroxylation sites is 1. The Kier molecular flexibility index (Phi) is 5.01. The fourth-order valence-electron chi connectivity index (χ4n) is 2.06. The number of hydrogen-bond donors (Lipinski definition) is 4. The quantitative estimate of drug-likeness (QED) is 0.650. The summed E-state index contributed by atoms with van der Waals surface area (Å²) in [5.74, 6) is 0.277. The maximum Gasteiger partial charge on any atom is 0.315 e. The number of benzene rings is 1. The van der Waals surface area contributed by atoms with Crippen LogP contribution in [0.3, 0.4) is 0 Å². The summed E-state index contributed by atoms with van der Waals surface area (Å²) in [6.45, 7) is 3.18. The monoisotopic (exact) mass is 275 g/mol. The minimum absolute atomic E-state index is 0.152. The lowest BCUT2D eigenvalue weighted by Crippen LogP contribution is -2.37. The number of amides is 2. The standard InChI is InChI=1S/C15H21N3O2/c1-11(6-7-19)9-16-15(20)17-10-13-8-12-4-2-3-5-14(12)18-13/h2-5,8,11,18-19H,6-7,9-10H2,1H3,(H2,16,17,20). The van der Waals surface area contributed by atoms with Crippen LogP contribution in [0.1, 0.15) is 19.0 Å². The highest BCUT2D eigenvalue weighted by Crippen LogP contribution is 2.14. The first-order valence-corrected chi connectivity index (χ1v) is 6.88. The number of aliphatic hydroxyl groups is 1. The highest BCUT2D eigenvalue weighted by Gasteiger charge is 2.05. The second kappa shape index (κ2) is 6.96. The normalized spacial score (nSPS) is 12.3. The van der Waals surface area contributed by atoms with E-state index in [2.05, 4.69) is 15.6 Å². The van der Waals surface area contributed by atoms with Gasteiger partial charge in [0.05, 0.1) is 6.54 Å². The van der Waals surface area contributed by atoms with Gasteiger partial charge in [0.15, 0.2) is 0 Å². The fourth-order valence-corrected chi connectivity index (χ4v) is 2.06. The van der Waals surface area contributed by atoms with Crippen molar-refractivity contribution in [1.82, 2.24) is 15.6 Å². The molecule has 0 saturated heterocycles. The molecule has 0 saturated carbocycles. The van der Waals surface area contributed by atoms with Gasteiger partial charge in [0.2, 0.25) is 0 Å². The van der Waals surface area contributed by atoms with Crippen molar-refractivity contribution in [3.05, 3.63) is 36.0 Å². The molecular formula is C15H21N3O2. The number of fused-ring (bicyclic) bond motifs is 1. The highest BCUT2D eigenvalue weighted by molar-refractivity contribution is 5.80. The van der Waals surface area contributed by atoms with Crippen molar-refractivity contribution in [2.45, 2.75) is 19.9 Å². The van der Waals surface area contributed by atoms with E-state index in [-0.39, 0.29) is 18.6 Å². The molecular weight excluding hydrogens is 254 g/mol. The Morgan fingerprint density at radius 3 is 2.90 bits per heavy atom. The zero-order valence-electron chi connectivity index (χ0n) is 11.6. The van der Waals surface area contributed by atoms with E-state index in [1.807, 2.05) is 37.3 Å². The first kappa shape index (κ1) is 14.4. The van der Waals surface area contributed by atoms with Crippen LogP contribution in [-0.2, 0) is 6.54 Å². The fraction of sp³-hybridized carbons (Fsp3) is 0.400. The lowest BCUT2D eigenvalue weighted by Gasteiger charge is -2.11. The molecule has 1 aromatic heterocycles. The van der Waals surface area contributed by atoms with Gasteiger partial charge < -0.3 is 20.7 Å². The van der Waals surface area contributed by atoms with Gasteiger partial charge in [-0.3, -0.25) is 0 Å². The number of aliphatic hydroxyl groups excluding tert-OH is 1. The predicted molar refractivity (Wildman–Crippen MR) is 79.4 cm³/mol.